The zero-order valence-corrected chi connectivity index (χ0v) is 16.7. The van der Waals surface area contributed by atoms with Crippen LogP contribution in [0.4, 0.5) is 17.3 Å². The molecule has 1 fully saturated rings. The number of esters is 1. The maximum Gasteiger partial charge on any atom is 0.330 e. The van der Waals surface area contributed by atoms with E-state index in [0.29, 0.717) is 30.3 Å². The van der Waals surface area contributed by atoms with E-state index in [0.717, 1.165) is 18.7 Å². The smallest absolute Gasteiger partial charge is 0.330 e. The van der Waals surface area contributed by atoms with E-state index in [4.69, 9.17) is 0 Å². The molecule has 0 radical (unpaired) electrons. The summed E-state index contributed by atoms with van der Waals surface area (Å²) in [7, 11) is 5.05. The van der Waals surface area contributed by atoms with Gasteiger partial charge in [-0.15, -0.1) is 5.10 Å². The number of ether oxygens (including phenoxy) is 1. The molecule has 2 heterocycles. The number of nitrogens with one attached hydrogen (secondary N) is 1. The highest BCUT2D eigenvalue weighted by molar-refractivity contribution is 5.87. The third kappa shape index (κ3) is 4.71. The fourth-order valence-corrected chi connectivity index (χ4v) is 3.33. The summed E-state index contributed by atoms with van der Waals surface area (Å²) >= 11 is 0. The summed E-state index contributed by atoms with van der Waals surface area (Å²) in [6.07, 6.45) is 4.39. The number of methoxy groups -OCH3 is 1. The Morgan fingerprint density at radius 3 is 2.69 bits per heavy atom. The third-order valence-electron chi connectivity index (χ3n) is 4.92. The predicted octanol–water partition coefficient (Wildman–Crippen LogP) is 2.35. The highest BCUT2D eigenvalue weighted by Gasteiger charge is 2.27. The number of hydrogen-bond donors (Lipinski definition) is 1. The number of nitro benzene ring substituents is 1. The van der Waals surface area contributed by atoms with Crippen LogP contribution >= 0.6 is 0 Å². The number of aromatic nitrogens is 3. The molecule has 1 aromatic heterocycles. The van der Waals surface area contributed by atoms with E-state index in [1.165, 1.54) is 25.3 Å². The predicted molar refractivity (Wildman–Crippen MR) is 109 cm³/mol. The second-order valence-corrected chi connectivity index (χ2v) is 7.04. The molecular formula is C19H24N6O4. The van der Waals surface area contributed by atoms with E-state index in [1.807, 2.05) is 23.9 Å². The molecule has 2 aromatic rings. The molecule has 29 heavy (non-hydrogen) atoms. The van der Waals surface area contributed by atoms with E-state index in [2.05, 4.69) is 19.9 Å². The van der Waals surface area contributed by atoms with Gasteiger partial charge in [-0.25, -0.2) is 4.79 Å². The molecule has 3 rings (SSSR count). The van der Waals surface area contributed by atoms with Gasteiger partial charge in [-0.05, 0) is 30.5 Å². The monoisotopic (exact) mass is 400 g/mol. The zero-order valence-electron chi connectivity index (χ0n) is 16.7. The number of carbonyl (C=O) groups excluding carboxylic acids is 1. The van der Waals surface area contributed by atoms with Crippen molar-refractivity contribution in [3.63, 3.8) is 0 Å². The normalized spacial score (nSPS) is 14.9. The summed E-state index contributed by atoms with van der Waals surface area (Å²) in [6.45, 7) is 1.36. The number of nitrogens with zero attached hydrogens (tertiary/aromatic N) is 5. The molecule has 0 atom stereocenters. The molecule has 0 aliphatic carbocycles. The molecule has 0 bridgehead atoms. The fourth-order valence-electron chi connectivity index (χ4n) is 3.33. The van der Waals surface area contributed by atoms with Crippen LogP contribution < -0.4 is 9.80 Å². The quantitative estimate of drug-likeness (QED) is 0.340. The average Bonchev–Trinajstić information content (AvgIpc) is 3.22. The second-order valence-electron chi connectivity index (χ2n) is 7.04. The number of H-pyrrole nitrogens is 1. The molecule has 1 aliphatic rings. The fraction of sp³-hybridized carbons (Fsp3) is 0.421. The van der Waals surface area contributed by atoms with Crippen LogP contribution in [0.1, 0.15) is 30.1 Å². The molecule has 0 saturated carbocycles. The number of aromatic amines is 1. The van der Waals surface area contributed by atoms with Crippen molar-refractivity contribution in [3.8, 4) is 0 Å². The lowest BCUT2D eigenvalue weighted by molar-refractivity contribution is -0.384. The van der Waals surface area contributed by atoms with Crippen LogP contribution in [0.25, 0.3) is 6.08 Å². The Hall–Kier alpha value is -3.43. The van der Waals surface area contributed by atoms with E-state index < -0.39 is 10.9 Å². The molecule has 10 nitrogen and oxygen atoms in total. The molecule has 1 N–H and O–H groups in total. The first-order valence-corrected chi connectivity index (χ1v) is 9.28. The largest absolute Gasteiger partial charge is 0.466 e. The van der Waals surface area contributed by atoms with Crippen molar-refractivity contribution in [2.45, 2.75) is 18.8 Å². The SMILES string of the molecule is COC(=O)C=Cc1ccc(N2CCC(c3nc(N(C)C)n[nH]3)CC2)c([N+](=O)[O-])c1. The van der Waals surface area contributed by atoms with Gasteiger partial charge in [-0.1, -0.05) is 6.07 Å². The van der Waals surface area contributed by atoms with Crippen molar-refractivity contribution in [2.24, 2.45) is 0 Å². The van der Waals surface area contributed by atoms with Gasteiger partial charge in [0, 0.05) is 45.2 Å². The van der Waals surface area contributed by atoms with Crippen molar-refractivity contribution in [3.05, 3.63) is 45.8 Å². The van der Waals surface area contributed by atoms with E-state index in [1.54, 1.807) is 12.1 Å². The van der Waals surface area contributed by atoms with Gasteiger partial charge in [0.2, 0.25) is 5.95 Å². The summed E-state index contributed by atoms with van der Waals surface area (Å²) in [6, 6.07) is 4.96. The van der Waals surface area contributed by atoms with Crippen molar-refractivity contribution in [1.29, 1.82) is 0 Å². The van der Waals surface area contributed by atoms with Crippen LogP contribution in [0.2, 0.25) is 0 Å². The van der Waals surface area contributed by atoms with Gasteiger partial charge in [0.15, 0.2) is 0 Å². The first-order valence-electron chi connectivity index (χ1n) is 9.28. The standard InChI is InChI=1S/C19H24N6O4/c1-23(2)19-20-18(21-22-19)14-8-10-24(11-9-14)15-6-4-13(5-7-17(26)29-3)12-16(15)25(27)28/h4-7,12,14H,8-11H2,1-3H3,(H,20,21,22). The molecule has 10 heteroatoms. The van der Waals surface area contributed by atoms with Crippen LogP contribution in [0, 0.1) is 10.1 Å². The summed E-state index contributed by atoms with van der Waals surface area (Å²) in [5.41, 5.74) is 1.17. The molecule has 1 aromatic carbocycles. The molecular weight excluding hydrogens is 376 g/mol. The van der Waals surface area contributed by atoms with Crippen LogP contribution in [-0.2, 0) is 9.53 Å². The summed E-state index contributed by atoms with van der Waals surface area (Å²) in [5, 5.41) is 18.8. The Balaban J connectivity index is 1.73. The van der Waals surface area contributed by atoms with Gasteiger partial charge < -0.3 is 14.5 Å². The molecule has 0 spiro atoms. The van der Waals surface area contributed by atoms with E-state index in [9.17, 15) is 14.9 Å². The Morgan fingerprint density at radius 2 is 2.10 bits per heavy atom. The Morgan fingerprint density at radius 1 is 1.38 bits per heavy atom. The molecule has 1 saturated heterocycles. The number of piperidine rings is 1. The minimum atomic E-state index is -0.511. The number of hydrogen-bond acceptors (Lipinski definition) is 8. The lowest BCUT2D eigenvalue weighted by Crippen LogP contribution is -2.33. The highest BCUT2D eigenvalue weighted by atomic mass is 16.6. The Labute approximate surface area is 168 Å². The lowest BCUT2D eigenvalue weighted by atomic mass is 9.95. The van der Waals surface area contributed by atoms with Gasteiger partial charge in [0.1, 0.15) is 11.5 Å². The van der Waals surface area contributed by atoms with Crippen LogP contribution in [0.5, 0.6) is 0 Å². The highest BCUT2D eigenvalue weighted by Crippen LogP contribution is 2.34. The number of benzene rings is 1. The van der Waals surface area contributed by atoms with E-state index >= 15 is 0 Å². The number of anilines is 2. The van der Waals surface area contributed by atoms with Crippen molar-refractivity contribution < 1.29 is 14.5 Å². The second kappa shape index (κ2) is 8.72. The van der Waals surface area contributed by atoms with Crippen LogP contribution in [-0.4, -0.2) is 60.4 Å². The topological polar surface area (TPSA) is 117 Å². The van der Waals surface area contributed by atoms with Crippen molar-refractivity contribution in [2.75, 3.05) is 44.1 Å². The summed E-state index contributed by atoms with van der Waals surface area (Å²) in [4.78, 5) is 30.8. The van der Waals surface area contributed by atoms with E-state index in [-0.39, 0.29) is 11.6 Å². The molecule has 1 aliphatic heterocycles. The average molecular weight is 400 g/mol. The van der Waals surface area contributed by atoms with Gasteiger partial charge in [-0.2, -0.15) is 4.98 Å². The van der Waals surface area contributed by atoms with Crippen molar-refractivity contribution >= 4 is 29.4 Å². The first-order chi connectivity index (χ1) is 13.9. The van der Waals surface area contributed by atoms with Gasteiger partial charge in [0.25, 0.3) is 5.69 Å². The Kier molecular flexibility index (Phi) is 6.10. The van der Waals surface area contributed by atoms with Gasteiger partial charge in [-0.3, -0.25) is 15.2 Å². The maximum atomic E-state index is 11.6. The third-order valence-corrected chi connectivity index (χ3v) is 4.92. The Bertz CT molecular complexity index is 915. The molecule has 0 amide bonds. The molecule has 154 valence electrons. The minimum Gasteiger partial charge on any atom is -0.466 e. The summed E-state index contributed by atoms with van der Waals surface area (Å²) in [5.74, 6) is 1.23. The number of nitro groups is 1. The van der Waals surface area contributed by atoms with Crippen molar-refractivity contribution in [1.82, 2.24) is 15.2 Å². The summed E-state index contributed by atoms with van der Waals surface area (Å²) < 4.78 is 4.55. The molecule has 0 unspecified atom stereocenters. The van der Waals surface area contributed by atoms with Gasteiger partial charge in [0.05, 0.1) is 12.0 Å². The number of carbonyl (C=O) groups is 1. The maximum absolute atomic E-state index is 11.6. The minimum absolute atomic E-state index is 0.0185. The lowest BCUT2D eigenvalue weighted by Gasteiger charge is -2.32. The number of rotatable bonds is 6. The van der Waals surface area contributed by atoms with Crippen LogP contribution in [0.3, 0.4) is 0 Å². The van der Waals surface area contributed by atoms with Gasteiger partial charge >= 0.3 is 5.97 Å². The van der Waals surface area contributed by atoms with Crippen LogP contribution in [0.15, 0.2) is 24.3 Å². The zero-order chi connectivity index (χ0) is 21.0. The first kappa shape index (κ1) is 20.3.